The molecule has 1 unspecified atom stereocenters. The van der Waals surface area contributed by atoms with Crippen LogP contribution in [0.5, 0.6) is 0 Å². The molecule has 2 amide bonds. The molecule has 0 aliphatic carbocycles. The summed E-state index contributed by atoms with van der Waals surface area (Å²) in [7, 11) is 0. The van der Waals surface area contributed by atoms with Crippen LogP contribution in [0.3, 0.4) is 0 Å². The van der Waals surface area contributed by atoms with Crippen LogP contribution in [0.25, 0.3) is 11.3 Å². The van der Waals surface area contributed by atoms with Gasteiger partial charge in [-0.05, 0) is 6.42 Å². The van der Waals surface area contributed by atoms with Crippen LogP contribution < -0.4 is 16.2 Å². The Morgan fingerprint density at radius 3 is 2.75 bits per heavy atom. The van der Waals surface area contributed by atoms with E-state index in [4.69, 9.17) is 0 Å². The number of benzene rings is 1. The predicted octanol–water partition coefficient (Wildman–Crippen LogP) is 0.305. The minimum absolute atomic E-state index is 0.105. The number of amides is 2. The minimum atomic E-state index is -0.465. The van der Waals surface area contributed by atoms with Gasteiger partial charge < -0.3 is 10.6 Å². The highest BCUT2D eigenvalue weighted by atomic mass is 16.2. The molecule has 7 heteroatoms. The Morgan fingerprint density at radius 1 is 1.29 bits per heavy atom. The van der Waals surface area contributed by atoms with E-state index in [1.165, 1.54) is 17.0 Å². The summed E-state index contributed by atoms with van der Waals surface area (Å²) < 4.78 is 1.44. The lowest BCUT2D eigenvalue weighted by atomic mass is 10.1. The van der Waals surface area contributed by atoms with Crippen LogP contribution in [0.1, 0.15) is 12.8 Å². The van der Waals surface area contributed by atoms with E-state index in [0.717, 1.165) is 5.56 Å². The molecule has 1 aliphatic rings. The smallest absolute Gasteiger partial charge is 0.253 e. The van der Waals surface area contributed by atoms with E-state index in [0.29, 0.717) is 31.6 Å². The van der Waals surface area contributed by atoms with Gasteiger partial charge in [0.1, 0.15) is 6.04 Å². The molecule has 24 heavy (non-hydrogen) atoms. The molecule has 3 rings (SSSR count). The van der Waals surface area contributed by atoms with Crippen LogP contribution in [-0.4, -0.2) is 34.0 Å². The Balaban J connectivity index is 1.57. The second-order valence-corrected chi connectivity index (χ2v) is 5.62. The summed E-state index contributed by atoms with van der Waals surface area (Å²) in [6, 6.07) is 10.5. The summed E-state index contributed by atoms with van der Waals surface area (Å²) in [5.41, 5.74) is 1.33. The van der Waals surface area contributed by atoms with Gasteiger partial charge in [0.05, 0.1) is 12.0 Å². The molecule has 7 nitrogen and oxygen atoms in total. The summed E-state index contributed by atoms with van der Waals surface area (Å²) in [5, 5.41) is 5.33. The topological polar surface area (TPSA) is 93.1 Å². The highest BCUT2D eigenvalue weighted by Gasteiger charge is 2.26. The average Bonchev–Trinajstić information content (AvgIpc) is 3.03. The maximum absolute atomic E-state index is 12.1. The number of nitrogens with one attached hydrogen (secondary N) is 2. The first-order chi connectivity index (χ1) is 11.6. The van der Waals surface area contributed by atoms with Crippen molar-refractivity contribution >= 4 is 11.8 Å². The van der Waals surface area contributed by atoms with E-state index in [2.05, 4.69) is 15.6 Å². The van der Waals surface area contributed by atoms with Gasteiger partial charge in [-0.15, -0.1) is 0 Å². The third-order valence-electron chi connectivity index (χ3n) is 3.91. The SMILES string of the molecule is O=C1CCC(C(=O)NCCn2cnc(-c3ccccc3)cc2=O)N1. The Kier molecular flexibility index (Phi) is 4.69. The van der Waals surface area contributed by atoms with Crippen LogP contribution in [0.2, 0.25) is 0 Å². The van der Waals surface area contributed by atoms with E-state index in [9.17, 15) is 14.4 Å². The fourth-order valence-electron chi connectivity index (χ4n) is 2.59. The number of hydrogen-bond donors (Lipinski definition) is 2. The van der Waals surface area contributed by atoms with Crippen molar-refractivity contribution in [3.8, 4) is 11.3 Å². The van der Waals surface area contributed by atoms with Crippen molar-refractivity contribution < 1.29 is 9.59 Å². The Morgan fingerprint density at radius 2 is 2.08 bits per heavy atom. The highest BCUT2D eigenvalue weighted by Crippen LogP contribution is 2.13. The van der Waals surface area contributed by atoms with Crippen molar-refractivity contribution in [1.82, 2.24) is 20.2 Å². The van der Waals surface area contributed by atoms with Gasteiger partial charge in [0, 0.05) is 31.1 Å². The summed E-state index contributed by atoms with van der Waals surface area (Å²) in [6.45, 7) is 0.630. The fraction of sp³-hybridized carbons (Fsp3) is 0.294. The molecule has 1 fully saturated rings. The van der Waals surface area contributed by atoms with Gasteiger partial charge in [-0.3, -0.25) is 19.0 Å². The van der Waals surface area contributed by atoms with Crippen LogP contribution in [0.4, 0.5) is 0 Å². The lowest BCUT2D eigenvalue weighted by Gasteiger charge is -2.11. The molecule has 2 heterocycles. The summed E-state index contributed by atoms with van der Waals surface area (Å²) >= 11 is 0. The fourth-order valence-corrected chi connectivity index (χ4v) is 2.59. The van der Waals surface area contributed by atoms with Gasteiger partial charge in [-0.2, -0.15) is 0 Å². The molecular formula is C17H18N4O3. The molecule has 0 bridgehead atoms. The second kappa shape index (κ2) is 7.08. The van der Waals surface area contributed by atoms with Gasteiger partial charge >= 0.3 is 0 Å². The normalized spacial score (nSPS) is 16.7. The zero-order valence-electron chi connectivity index (χ0n) is 13.1. The van der Waals surface area contributed by atoms with Crippen molar-refractivity contribution in [2.45, 2.75) is 25.4 Å². The first-order valence-corrected chi connectivity index (χ1v) is 7.82. The summed E-state index contributed by atoms with van der Waals surface area (Å²) in [5.74, 6) is -0.324. The molecular weight excluding hydrogens is 308 g/mol. The first-order valence-electron chi connectivity index (χ1n) is 7.82. The van der Waals surface area contributed by atoms with E-state index < -0.39 is 6.04 Å². The van der Waals surface area contributed by atoms with Crippen molar-refractivity contribution in [1.29, 1.82) is 0 Å². The first kappa shape index (κ1) is 15.9. The maximum atomic E-state index is 12.1. The second-order valence-electron chi connectivity index (χ2n) is 5.62. The number of carbonyl (C=O) groups excluding carboxylic acids is 2. The van der Waals surface area contributed by atoms with Crippen molar-refractivity contribution in [2.24, 2.45) is 0 Å². The average molecular weight is 326 g/mol. The molecule has 0 saturated carbocycles. The standard InChI is InChI=1S/C17H18N4O3/c22-15-7-6-13(20-15)17(24)18-8-9-21-11-19-14(10-16(21)23)12-4-2-1-3-5-12/h1-5,10-11,13H,6-9H2,(H,18,24)(H,20,22). The molecule has 124 valence electrons. The predicted molar refractivity (Wildman–Crippen MR) is 88.1 cm³/mol. The zero-order valence-corrected chi connectivity index (χ0v) is 13.1. The molecule has 1 aromatic carbocycles. The molecule has 1 aromatic heterocycles. The minimum Gasteiger partial charge on any atom is -0.353 e. The number of aromatic nitrogens is 2. The Bertz CT molecular complexity index is 801. The number of rotatable bonds is 5. The molecule has 1 aliphatic heterocycles. The van der Waals surface area contributed by atoms with E-state index >= 15 is 0 Å². The highest BCUT2D eigenvalue weighted by molar-refractivity contribution is 5.90. The van der Waals surface area contributed by atoms with E-state index in [1.54, 1.807) is 0 Å². The van der Waals surface area contributed by atoms with Crippen LogP contribution in [0.15, 0.2) is 47.5 Å². The maximum Gasteiger partial charge on any atom is 0.253 e. The van der Waals surface area contributed by atoms with Crippen molar-refractivity contribution in [2.75, 3.05) is 6.54 Å². The number of hydrogen-bond acceptors (Lipinski definition) is 4. The largest absolute Gasteiger partial charge is 0.353 e. The molecule has 2 N–H and O–H groups in total. The lowest BCUT2D eigenvalue weighted by molar-refractivity contribution is -0.125. The Labute approximate surface area is 138 Å². The van der Waals surface area contributed by atoms with Gasteiger partial charge in [-0.25, -0.2) is 4.98 Å². The summed E-state index contributed by atoms with van der Waals surface area (Å²) in [4.78, 5) is 39.4. The molecule has 0 spiro atoms. The van der Waals surface area contributed by atoms with Crippen LogP contribution >= 0.6 is 0 Å². The molecule has 2 aromatic rings. The number of carbonyl (C=O) groups is 2. The number of nitrogens with zero attached hydrogens (tertiary/aromatic N) is 2. The van der Waals surface area contributed by atoms with E-state index in [-0.39, 0.29) is 17.4 Å². The van der Waals surface area contributed by atoms with Crippen LogP contribution in [0, 0.1) is 0 Å². The third kappa shape index (κ3) is 3.68. The quantitative estimate of drug-likeness (QED) is 0.827. The van der Waals surface area contributed by atoms with Gasteiger partial charge in [0.15, 0.2) is 0 Å². The Hall–Kier alpha value is -2.96. The van der Waals surface area contributed by atoms with Crippen molar-refractivity contribution in [3.05, 3.63) is 53.1 Å². The summed E-state index contributed by atoms with van der Waals surface area (Å²) in [6.07, 6.45) is 2.37. The third-order valence-corrected chi connectivity index (χ3v) is 3.91. The zero-order chi connectivity index (χ0) is 16.9. The van der Waals surface area contributed by atoms with Crippen LogP contribution in [-0.2, 0) is 16.1 Å². The molecule has 0 radical (unpaired) electrons. The van der Waals surface area contributed by atoms with Gasteiger partial charge in [0.25, 0.3) is 5.56 Å². The molecule has 1 atom stereocenters. The van der Waals surface area contributed by atoms with Gasteiger partial charge in [0.2, 0.25) is 11.8 Å². The van der Waals surface area contributed by atoms with E-state index in [1.807, 2.05) is 30.3 Å². The molecule has 1 saturated heterocycles. The van der Waals surface area contributed by atoms with Gasteiger partial charge in [-0.1, -0.05) is 30.3 Å². The lowest BCUT2D eigenvalue weighted by Crippen LogP contribution is -2.43. The van der Waals surface area contributed by atoms with Crippen molar-refractivity contribution in [3.63, 3.8) is 0 Å². The monoisotopic (exact) mass is 326 g/mol.